The van der Waals surface area contributed by atoms with Gasteiger partial charge in [0.05, 0.1) is 16.3 Å². The number of anilines is 3. The van der Waals surface area contributed by atoms with Gasteiger partial charge in [-0.15, -0.1) is 0 Å². The molecule has 4 heterocycles. The number of carbonyl (C=O) groups is 1. The third-order valence-electron chi connectivity index (χ3n) is 7.14. The number of furan rings is 1. The normalized spacial score (nSPS) is 17.9. The molecule has 204 valence electrons. The smallest absolute Gasteiger partial charge is 0.228 e. The van der Waals surface area contributed by atoms with Gasteiger partial charge in [0.2, 0.25) is 5.91 Å². The van der Waals surface area contributed by atoms with Crippen LogP contribution in [0.15, 0.2) is 45.7 Å². The molecule has 0 radical (unpaired) electrons. The first-order valence-corrected chi connectivity index (χ1v) is 15.1. The summed E-state index contributed by atoms with van der Waals surface area (Å²) < 4.78 is 39.5. The molecule has 10 nitrogen and oxygen atoms in total. The SMILES string of the molecule is Cc1ccc(-c2ccc(Nc3cc(NC(=O)C4CC4)nc4c3nc(C)n4C3CCCCO3)c(S(C)(=O)=O)c2)o1. The van der Waals surface area contributed by atoms with Gasteiger partial charge in [-0.05, 0) is 76.3 Å². The predicted molar refractivity (Wildman–Crippen MR) is 148 cm³/mol. The monoisotopic (exact) mass is 549 g/mol. The van der Waals surface area contributed by atoms with E-state index in [1.54, 1.807) is 18.2 Å². The minimum Gasteiger partial charge on any atom is -0.461 e. The van der Waals surface area contributed by atoms with Gasteiger partial charge in [0.25, 0.3) is 0 Å². The number of rotatable bonds is 7. The van der Waals surface area contributed by atoms with Crippen molar-refractivity contribution in [3.63, 3.8) is 0 Å². The highest BCUT2D eigenvalue weighted by Gasteiger charge is 2.31. The molecule has 4 aromatic rings. The number of nitrogens with zero attached hydrogens (tertiary/aromatic N) is 3. The minimum absolute atomic E-state index is 0.00171. The molecule has 1 aromatic carbocycles. The van der Waals surface area contributed by atoms with Crippen LogP contribution in [0.25, 0.3) is 22.5 Å². The van der Waals surface area contributed by atoms with E-state index in [0.29, 0.717) is 46.3 Å². The Morgan fingerprint density at radius 1 is 1.03 bits per heavy atom. The van der Waals surface area contributed by atoms with Gasteiger partial charge in [-0.25, -0.2) is 18.4 Å². The molecule has 1 saturated heterocycles. The van der Waals surface area contributed by atoms with Gasteiger partial charge in [0.15, 0.2) is 15.5 Å². The van der Waals surface area contributed by atoms with E-state index in [9.17, 15) is 13.2 Å². The Morgan fingerprint density at radius 2 is 1.85 bits per heavy atom. The third-order valence-corrected chi connectivity index (χ3v) is 8.28. The van der Waals surface area contributed by atoms with Crippen LogP contribution in [0.5, 0.6) is 0 Å². The van der Waals surface area contributed by atoms with E-state index in [-0.39, 0.29) is 22.9 Å². The zero-order valence-corrected chi connectivity index (χ0v) is 23.0. The highest BCUT2D eigenvalue weighted by Crippen LogP contribution is 2.37. The summed E-state index contributed by atoms with van der Waals surface area (Å²) in [5, 5.41) is 6.23. The number of hydrogen-bond acceptors (Lipinski definition) is 8. The number of amides is 1. The number of sulfone groups is 1. The van der Waals surface area contributed by atoms with Crippen LogP contribution >= 0.6 is 0 Å². The summed E-state index contributed by atoms with van der Waals surface area (Å²) in [6.45, 7) is 4.39. The molecule has 1 aliphatic heterocycles. The number of hydrogen-bond donors (Lipinski definition) is 2. The number of imidazole rings is 1. The number of carbonyl (C=O) groups excluding carboxylic acids is 1. The highest BCUT2D eigenvalue weighted by atomic mass is 32.2. The number of aryl methyl sites for hydroxylation is 2. The average Bonchev–Trinajstić information content (AvgIpc) is 3.58. The molecular formula is C28H31N5O5S. The van der Waals surface area contributed by atoms with Crippen LogP contribution in [0.2, 0.25) is 0 Å². The quantitative estimate of drug-likeness (QED) is 0.309. The molecule has 2 aliphatic rings. The fourth-order valence-electron chi connectivity index (χ4n) is 5.00. The third kappa shape index (κ3) is 5.16. The lowest BCUT2D eigenvalue weighted by molar-refractivity contribution is -0.117. The maximum atomic E-state index is 12.9. The van der Waals surface area contributed by atoms with Crippen LogP contribution in [0.4, 0.5) is 17.2 Å². The standard InChI is InChI=1S/C28H31N5O5S/c1-16-7-12-22(38-16)19-10-11-20(23(14-19)39(3,35)36)30-21-15-24(32-28(34)18-8-9-18)31-27-26(21)29-17(2)33(27)25-6-4-5-13-37-25/h7,10-12,14-15,18,25H,4-6,8-9,13H2,1-3H3,(H2,30,31,32,34). The Balaban J connectivity index is 1.46. The van der Waals surface area contributed by atoms with Gasteiger partial charge < -0.3 is 19.8 Å². The van der Waals surface area contributed by atoms with Crippen LogP contribution in [-0.4, -0.2) is 41.7 Å². The van der Waals surface area contributed by atoms with Crippen molar-refractivity contribution in [3.8, 4) is 11.3 Å². The van der Waals surface area contributed by atoms with Gasteiger partial charge in [-0.2, -0.15) is 0 Å². The number of fused-ring (bicyclic) bond motifs is 1. The Hall–Kier alpha value is -3.70. The number of pyridine rings is 1. The Bertz CT molecular complexity index is 1680. The summed E-state index contributed by atoms with van der Waals surface area (Å²) in [4.78, 5) is 22.3. The molecule has 0 spiro atoms. The second-order valence-electron chi connectivity index (χ2n) is 10.4. The van der Waals surface area contributed by atoms with Crippen LogP contribution in [0.3, 0.4) is 0 Å². The first kappa shape index (κ1) is 25.6. The van der Waals surface area contributed by atoms with E-state index >= 15 is 0 Å². The summed E-state index contributed by atoms with van der Waals surface area (Å²) in [6.07, 6.45) is 5.58. The molecule has 1 atom stereocenters. The zero-order chi connectivity index (χ0) is 27.3. The largest absolute Gasteiger partial charge is 0.461 e. The van der Waals surface area contributed by atoms with Crippen molar-refractivity contribution >= 4 is 44.1 Å². The van der Waals surface area contributed by atoms with Crippen LogP contribution in [0.1, 0.15) is 49.9 Å². The van der Waals surface area contributed by atoms with Crippen LogP contribution < -0.4 is 10.6 Å². The van der Waals surface area contributed by atoms with Crippen molar-refractivity contribution < 1.29 is 22.4 Å². The summed E-state index contributed by atoms with van der Waals surface area (Å²) >= 11 is 0. The van der Waals surface area contributed by atoms with E-state index in [2.05, 4.69) is 10.6 Å². The lowest BCUT2D eigenvalue weighted by Gasteiger charge is -2.25. The van der Waals surface area contributed by atoms with Crippen LogP contribution in [-0.2, 0) is 19.4 Å². The van der Waals surface area contributed by atoms with Crippen molar-refractivity contribution in [3.05, 3.63) is 48.0 Å². The Labute approximate surface area is 226 Å². The molecule has 39 heavy (non-hydrogen) atoms. The van der Waals surface area contributed by atoms with Gasteiger partial charge in [-0.3, -0.25) is 9.36 Å². The molecular weight excluding hydrogens is 518 g/mol. The van der Waals surface area contributed by atoms with Crippen molar-refractivity contribution in [1.29, 1.82) is 0 Å². The molecule has 1 aliphatic carbocycles. The van der Waals surface area contributed by atoms with Crippen molar-refractivity contribution in [1.82, 2.24) is 14.5 Å². The minimum atomic E-state index is -3.62. The fourth-order valence-corrected chi connectivity index (χ4v) is 5.86. The zero-order valence-electron chi connectivity index (χ0n) is 22.2. The maximum Gasteiger partial charge on any atom is 0.228 e. The summed E-state index contributed by atoms with van der Waals surface area (Å²) in [5.74, 6) is 2.36. The Morgan fingerprint density at radius 3 is 2.51 bits per heavy atom. The van der Waals surface area contributed by atoms with Gasteiger partial charge in [-0.1, -0.05) is 0 Å². The van der Waals surface area contributed by atoms with E-state index in [4.69, 9.17) is 19.1 Å². The summed E-state index contributed by atoms with van der Waals surface area (Å²) in [7, 11) is -3.62. The van der Waals surface area contributed by atoms with Crippen molar-refractivity contribution in [2.75, 3.05) is 23.5 Å². The predicted octanol–water partition coefficient (Wildman–Crippen LogP) is 5.50. The van der Waals surface area contributed by atoms with E-state index in [0.717, 1.165) is 43.7 Å². The molecule has 3 aromatic heterocycles. The number of benzene rings is 1. The lowest BCUT2D eigenvalue weighted by atomic mass is 10.1. The van der Waals surface area contributed by atoms with Gasteiger partial charge >= 0.3 is 0 Å². The van der Waals surface area contributed by atoms with Gasteiger partial charge in [0.1, 0.15) is 34.9 Å². The second-order valence-corrected chi connectivity index (χ2v) is 12.3. The molecule has 1 unspecified atom stereocenters. The lowest BCUT2D eigenvalue weighted by Crippen LogP contribution is -2.20. The number of aromatic nitrogens is 3. The van der Waals surface area contributed by atoms with Crippen LogP contribution in [0, 0.1) is 19.8 Å². The molecule has 1 saturated carbocycles. The first-order valence-electron chi connectivity index (χ1n) is 13.2. The molecule has 6 rings (SSSR count). The number of ether oxygens (including phenoxy) is 1. The Kier molecular flexibility index (Phi) is 6.43. The van der Waals surface area contributed by atoms with E-state index < -0.39 is 9.84 Å². The second kappa shape index (κ2) is 9.80. The maximum absolute atomic E-state index is 12.9. The highest BCUT2D eigenvalue weighted by molar-refractivity contribution is 7.90. The summed E-state index contributed by atoms with van der Waals surface area (Å²) in [6, 6.07) is 10.5. The van der Waals surface area contributed by atoms with E-state index in [1.807, 2.05) is 36.6 Å². The molecule has 0 bridgehead atoms. The number of nitrogens with one attached hydrogen (secondary N) is 2. The van der Waals surface area contributed by atoms with Crippen molar-refractivity contribution in [2.45, 2.75) is 57.1 Å². The fraction of sp³-hybridized carbons (Fsp3) is 0.393. The first-order chi connectivity index (χ1) is 18.7. The van der Waals surface area contributed by atoms with Crippen molar-refractivity contribution in [2.24, 2.45) is 5.92 Å². The topological polar surface area (TPSA) is 128 Å². The van der Waals surface area contributed by atoms with Gasteiger partial charge in [0, 0.05) is 30.4 Å². The molecule has 1 amide bonds. The molecule has 2 N–H and O–H groups in total. The molecule has 2 fully saturated rings. The molecule has 11 heteroatoms. The summed E-state index contributed by atoms with van der Waals surface area (Å²) in [5.41, 5.74) is 2.71. The average molecular weight is 550 g/mol. The van der Waals surface area contributed by atoms with E-state index in [1.165, 1.54) is 6.26 Å².